The number of ether oxygens (including phenoxy) is 2. The predicted molar refractivity (Wildman–Crippen MR) is 128 cm³/mol. The lowest BCUT2D eigenvalue weighted by atomic mass is 10.1. The zero-order chi connectivity index (χ0) is 24.3. The standard InChI is InChI=1S/C24H28N4O5S/c1-17-24(18(2)28(26-17)20-7-5-4-6-8-20)25-23(29)16-19-9-10-21(32-3)22(15-19)34(30,31)27-11-13-33-14-12-27/h4-10,15H,11-14,16H2,1-3H3,(H,25,29). The topological polar surface area (TPSA) is 103 Å². The van der Waals surface area contributed by atoms with Crippen LogP contribution in [0.15, 0.2) is 53.4 Å². The number of nitrogens with zero attached hydrogens (tertiary/aromatic N) is 3. The Bertz CT molecular complexity index is 1280. The Kier molecular flexibility index (Phi) is 7.01. The van der Waals surface area contributed by atoms with Gasteiger partial charge in [-0.3, -0.25) is 4.79 Å². The highest BCUT2D eigenvalue weighted by Crippen LogP contribution is 2.29. The van der Waals surface area contributed by atoms with E-state index in [1.807, 2.05) is 44.2 Å². The number of morpholine rings is 1. The van der Waals surface area contributed by atoms with Crippen LogP contribution in [0.1, 0.15) is 17.0 Å². The van der Waals surface area contributed by atoms with Crippen LogP contribution in [0.3, 0.4) is 0 Å². The summed E-state index contributed by atoms with van der Waals surface area (Å²) in [7, 11) is -2.35. The van der Waals surface area contributed by atoms with Crippen LogP contribution >= 0.6 is 0 Å². The number of benzene rings is 2. The van der Waals surface area contributed by atoms with Crippen LogP contribution in [0.4, 0.5) is 5.69 Å². The Morgan fingerprint density at radius 2 is 1.82 bits per heavy atom. The molecule has 0 radical (unpaired) electrons. The quantitative estimate of drug-likeness (QED) is 0.553. The van der Waals surface area contributed by atoms with Gasteiger partial charge in [-0.25, -0.2) is 13.1 Å². The number of rotatable bonds is 7. The molecule has 1 aliphatic rings. The van der Waals surface area contributed by atoms with Crippen molar-refractivity contribution in [3.05, 3.63) is 65.5 Å². The number of sulfonamides is 1. The summed E-state index contributed by atoms with van der Waals surface area (Å²) in [5.74, 6) is -0.0230. The summed E-state index contributed by atoms with van der Waals surface area (Å²) in [5, 5.41) is 7.49. The first-order valence-corrected chi connectivity index (χ1v) is 12.4. The zero-order valence-corrected chi connectivity index (χ0v) is 20.3. The molecule has 0 bridgehead atoms. The SMILES string of the molecule is COc1ccc(CC(=O)Nc2c(C)nn(-c3ccccc3)c2C)cc1S(=O)(=O)N1CCOCC1. The monoisotopic (exact) mass is 484 g/mol. The van der Waals surface area contributed by atoms with Crippen LogP contribution in [-0.4, -0.2) is 61.8 Å². The molecule has 1 N–H and O–H groups in total. The Hall–Kier alpha value is -3.21. The van der Waals surface area contributed by atoms with E-state index in [4.69, 9.17) is 9.47 Å². The van der Waals surface area contributed by atoms with Gasteiger partial charge in [-0.15, -0.1) is 0 Å². The Labute approximate surface area is 199 Å². The fraction of sp³-hybridized carbons (Fsp3) is 0.333. The lowest BCUT2D eigenvalue weighted by Crippen LogP contribution is -2.40. The average molecular weight is 485 g/mol. The molecular formula is C24H28N4O5S. The Morgan fingerprint density at radius 3 is 2.50 bits per heavy atom. The van der Waals surface area contributed by atoms with E-state index >= 15 is 0 Å². The van der Waals surface area contributed by atoms with Gasteiger partial charge in [0.05, 0.1) is 49.5 Å². The first-order valence-electron chi connectivity index (χ1n) is 11.0. The van der Waals surface area contributed by atoms with Crippen molar-refractivity contribution in [1.29, 1.82) is 0 Å². The van der Waals surface area contributed by atoms with Crippen molar-refractivity contribution in [1.82, 2.24) is 14.1 Å². The fourth-order valence-electron chi connectivity index (χ4n) is 3.97. The summed E-state index contributed by atoms with van der Waals surface area (Å²) in [5.41, 5.74) is 3.61. The highest BCUT2D eigenvalue weighted by molar-refractivity contribution is 7.89. The van der Waals surface area contributed by atoms with E-state index in [-0.39, 0.29) is 36.1 Å². The highest BCUT2D eigenvalue weighted by atomic mass is 32.2. The summed E-state index contributed by atoms with van der Waals surface area (Å²) >= 11 is 0. The molecule has 1 fully saturated rings. The zero-order valence-electron chi connectivity index (χ0n) is 19.4. The van der Waals surface area contributed by atoms with E-state index in [0.29, 0.717) is 30.2 Å². The predicted octanol–water partition coefficient (Wildman–Crippen LogP) is 2.70. The van der Waals surface area contributed by atoms with Gasteiger partial charge in [0, 0.05) is 13.1 Å². The van der Waals surface area contributed by atoms with Crippen molar-refractivity contribution in [3.8, 4) is 11.4 Å². The number of amides is 1. The number of hydrogen-bond donors (Lipinski definition) is 1. The van der Waals surface area contributed by atoms with Crippen molar-refractivity contribution in [3.63, 3.8) is 0 Å². The maximum atomic E-state index is 13.2. The second-order valence-electron chi connectivity index (χ2n) is 8.02. The normalized spacial score (nSPS) is 14.7. The average Bonchev–Trinajstić information content (AvgIpc) is 3.13. The molecule has 10 heteroatoms. The van der Waals surface area contributed by atoms with Gasteiger partial charge in [0.2, 0.25) is 15.9 Å². The number of methoxy groups -OCH3 is 1. The third-order valence-corrected chi connectivity index (χ3v) is 7.66. The smallest absolute Gasteiger partial charge is 0.246 e. The van der Waals surface area contributed by atoms with E-state index in [9.17, 15) is 13.2 Å². The van der Waals surface area contributed by atoms with Crippen LogP contribution in [0, 0.1) is 13.8 Å². The molecule has 3 aromatic rings. The van der Waals surface area contributed by atoms with E-state index in [2.05, 4.69) is 10.4 Å². The number of nitrogens with one attached hydrogen (secondary N) is 1. The molecule has 1 saturated heterocycles. The van der Waals surface area contributed by atoms with Gasteiger partial charge in [0.15, 0.2) is 0 Å². The van der Waals surface area contributed by atoms with Gasteiger partial charge < -0.3 is 14.8 Å². The van der Waals surface area contributed by atoms with Gasteiger partial charge in [-0.2, -0.15) is 9.40 Å². The van der Waals surface area contributed by atoms with Crippen LogP contribution in [-0.2, 0) is 26.0 Å². The molecule has 0 saturated carbocycles. The third-order valence-electron chi connectivity index (χ3n) is 5.74. The number of anilines is 1. The van der Waals surface area contributed by atoms with Gasteiger partial charge in [-0.05, 0) is 43.7 Å². The molecule has 2 heterocycles. The summed E-state index contributed by atoms with van der Waals surface area (Å²) in [6.45, 7) is 4.98. The number of aromatic nitrogens is 2. The number of hydrogen-bond acceptors (Lipinski definition) is 6. The van der Waals surface area contributed by atoms with Crippen LogP contribution < -0.4 is 10.1 Å². The van der Waals surface area contributed by atoms with Crippen molar-refractivity contribution in [2.45, 2.75) is 25.2 Å². The molecule has 1 aromatic heterocycles. The maximum Gasteiger partial charge on any atom is 0.246 e. The molecule has 1 amide bonds. The van der Waals surface area contributed by atoms with Gasteiger partial charge in [-0.1, -0.05) is 24.3 Å². The summed E-state index contributed by atoms with van der Waals surface area (Å²) < 4.78 is 40.1. The van der Waals surface area contributed by atoms with Crippen molar-refractivity contribution >= 4 is 21.6 Å². The molecule has 180 valence electrons. The molecule has 34 heavy (non-hydrogen) atoms. The number of carbonyl (C=O) groups excluding carboxylic acids is 1. The van der Waals surface area contributed by atoms with Gasteiger partial charge in [0.25, 0.3) is 0 Å². The summed E-state index contributed by atoms with van der Waals surface area (Å²) in [4.78, 5) is 12.9. The van der Waals surface area contributed by atoms with E-state index in [1.165, 1.54) is 17.5 Å². The van der Waals surface area contributed by atoms with Crippen LogP contribution in [0.2, 0.25) is 0 Å². The number of aryl methyl sites for hydroxylation is 1. The molecule has 9 nitrogen and oxygen atoms in total. The maximum absolute atomic E-state index is 13.2. The van der Waals surface area contributed by atoms with Crippen LogP contribution in [0.5, 0.6) is 5.75 Å². The van der Waals surface area contributed by atoms with Crippen molar-refractivity contribution in [2.24, 2.45) is 0 Å². The fourth-order valence-corrected chi connectivity index (χ4v) is 5.59. The van der Waals surface area contributed by atoms with Crippen molar-refractivity contribution < 1.29 is 22.7 Å². The van der Waals surface area contributed by atoms with Gasteiger partial charge in [0.1, 0.15) is 10.6 Å². The number of para-hydroxylation sites is 1. The van der Waals surface area contributed by atoms with E-state index in [0.717, 1.165) is 11.4 Å². The highest BCUT2D eigenvalue weighted by Gasteiger charge is 2.29. The molecular weight excluding hydrogens is 456 g/mol. The third kappa shape index (κ3) is 4.84. The lowest BCUT2D eigenvalue weighted by molar-refractivity contribution is -0.115. The second kappa shape index (κ2) is 9.96. The van der Waals surface area contributed by atoms with E-state index in [1.54, 1.807) is 16.8 Å². The first kappa shape index (κ1) is 23.9. The molecule has 2 aromatic carbocycles. The lowest BCUT2D eigenvalue weighted by Gasteiger charge is -2.26. The van der Waals surface area contributed by atoms with Crippen LogP contribution in [0.25, 0.3) is 5.69 Å². The number of carbonyl (C=O) groups is 1. The largest absolute Gasteiger partial charge is 0.495 e. The van der Waals surface area contributed by atoms with Gasteiger partial charge >= 0.3 is 0 Å². The Morgan fingerprint density at radius 1 is 1.12 bits per heavy atom. The minimum atomic E-state index is -3.78. The van der Waals surface area contributed by atoms with E-state index < -0.39 is 10.0 Å². The minimum Gasteiger partial charge on any atom is -0.495 e. The first-order chi connectivity index (χ1) is 16.3. The summed E-state index contributed by atoms with van der Waals surface area (Å²) in [6.07, 6.45) is 0.00498. The molecule has 4 rings (SSSR count). The molecule has 0 spiro atoms. The molecule has 0 atom stereocenters. The molecule has 0 unspecified atom stereocenters. The second-order valence-corrected chi connectivity index (χ2v) is 9.93. The molecule has 1 aliphatic heterocycles. The molecule has 0 aliphatic carbocycles. The Balaban J connectivity index is 1.55. The summed E-state index contributed by atoms with van der Waals surface area (Å²) in [6, 6.07) is 14.5. The van der Waals surface area contributed by atoms with Crippen molar-refractivity contribution in [2.75, 3.05) is 38.7 Å². The minimum absolute atomic E-state index is 0.00498.